The quantitative estimate of drug-likeness (QED) is 0.867. The predicted octanol–water partition coefficient (Wildman–Crippen LogP) is 2.33. The highest BCUT2D eigenvalue weighted by molar-refractivity contribution is 5.97. The van der Waals surface area contributed by atoms with E-state index < -0.39 is 0 Å². The summed E-state index contributed by atoms with van der Waals surface area (Å²) in [4.78, 5) is 28.2. The molecule has 2 aromatic carbocycles. The van der Waals surface area contributed by atoms with Crippen molar-refractivity contribution in [1.82, 2.24) is 4.90 Å². The van der Waals surface area contributed by atoms with Crippen LogP contribution in [0.1, 0.15) is 6.42 Å². The third kappa shape index (κ3) is 3.93. The molecular formula is C19H20N2O3. The first kappa shape index (κ1) is 16.1. The molecule has 0 N–H and O–H groups in total. The SMILES string of the molecule is O=C(COc1ccccc1)N1CCCN(c2ccccc2)C(=O)C1. The van der Waals surface area contributed by atoms with Crippen LogP contribution in [0.3, 0.4) is 0 Å². The monoisotopic (exact) mass is 324 g/mol. The Hall–Kier alpha value is -2.82. The third-order valence-electron chi connectivity index (χ3n) is 3.96. The summed E-state index contributed by atoms with van der Waals surface area (Å²) in [5.41, 5.74) is 0.873. The number of rotatable bonds is 4. The maximum absolute atomic E-state index is 12.5. The molecule has 1 aliphatic rings. The van der Waals surface area contributed by atoms with Gasteiger partial charge in [-0.15, -0.1) is 0 Å². The zero-order valence-electron chi connectivity index (χ0n) is 13.4. The number of carbonyl (C=O) groups is 2. The molecule has 0 atom stereocenters. The van der Waals surface area contributed by atoms with Crippen molar-refractivity contribution in [3.05, 3.63) is 60.7 Å². The fraction of sp³-hybridized carbons (Fsp3) is 0.263. The largest absolute Gasteiger partial charge is 0.484 e. The molecule has 2 aromatic rings. The highest BCUT2D eigenvalue weighted by Gasteiger charge is 2.25. The van der Waals surface area contributed by atoms with Crippen LogP contribution >= 0.6 is 0 Å². The Bertz CT molecular complexity index is 688. The lowest BCUT2D eigenvalue weighted by Gasteiger charge is -2.22. The van der Waals surface area contributed by atoms with Gasteiger partial charge in [-0.2, -0.15) is 0 Å². The molecule has 1 heterocycles. The van der Waals surface area contributed by atoms with Crippen LogP contribution in [0.4, 0.5) is 5.69 Å². The van der Waals surface area contributed by atoms with Crippen LogP contribution in [0, 0.1) is 0 Å². The van der Waals surface area contributed by atoms with Crippen molar-refractivity contribution in [1.29, 1.82) is 0 Å². The van der Waals surface area contributed by atoms with E-state index >= 15 is 0 Å². The summed E-state index contributed by atoms with van der Waals surface area (Å²) in [5, 5.41) is 0. The molecule has 1 fully saturated rings. The van der Waals surface area contributed by atoms with E-state index in [2.05, 4.69) is 0 Å². The highest BCUT2D eigenvalue weighted by atomic mass is 16.5. The van der Waals surface area contributed by atoms with Gasteiger partial charge in [0.15, 0.2) is 6.61 Å². The minimum atomic E-state index is -0.165. The molecule has 0 aromatic heterocycles. The summed E-state index contributed by atoms with van der Waals surface area (Å²) in [6, 6.07) is 18.8. The number of carbonyl (C=O) groups excluding carboxylic acids is 2. The Balaban J connectivity index is 1.59. The molecule has 5 nitrogen and oxygen atoms in total. The molecule has 0 spiro atoms. The van der Waals surface area contributed by atoms with Gasteiger partial charge < -0.3 is 14.5 Å². The topological polar surface area (TPSA) is 49.9 Å². The molecule has 2 amide bonds. The van der Waals surface area contributed by atoms with Crippen molar-refractivity contribution in [2.45, 2.75) is 6.42 Å². The van der Waals surface area contributed by atoms with Gasteiger partial charge in [0.2, 0.25) is 5.91 Å². The minimum Gasteiger partial charge on any atom is -0.484 e. The van der Waals surface area contributed by atoms with E-state index in [1.54, 1.807) is 21.9 Å². The standard InChI is InChI=1S/C19H20N2O3/c22-18-14-20(19(23)15-24-17-10-5-2-6-11-17)12-7-13-21(18)16-8-3-1-4-9-16/h1-6,8-11H,7,12-15H2. The first-order valence-corrected chi connectivity index (χ1v) is 8.05. The van der Waals surface area contributed by atoms with Gasteiger partial charge in [-0.1, -0.05) is 36.4 Å². The van der Waals surface area contributed by atoms with Crippen molar-refractivity contribution < 1.29 is 14.3 Å². The third-order valence-corrected chi connectivity index (χ3v) is 3.96. The Morgan fingerprint density at radius 2 is 1.62 bits per heavy atom. The highest BCUT2D eigenvalue weighted by Crippen LogP contribution is 2.17. The van der Waals surface area contributed by atoms with E-state index in [-0.39, 0.29) is 25.0 Å². The molecule has 0 saturated carbocycles. The summed E-state index contributed by atoms with van der Waals surface area (Å²) in [6.07, 6.45) is 0.748. The van der Waals surface area contributed by atoms with E-state index in [0.717, 1.165) is 12.1 Å². The van der Waals surface area contributed by atoms with Crippen LogP contribution in [-0.4, -0.2) is 43.0 Å². The maximum atomic E-state index is 12.5. The second-order valence-electron chi connectivity index (χ2n) is 5.65. The van der Waals surface area contributed by atoms with Crippen LogP contribution in [0.15, 0.2) is 60.7 Å². The minimum absolute atomic E-state index is 0.0529. The van der Waals surface area contributed by atoms with Crippen molar-refractivity contribution in [2.24, 2.45) is 0 Å². The lowest BCUT2D eigenvalue weighted by molar-refractivity contribution is -0.136. The van der Waals surface area contributed by atoms with Gasteiger partial charge in [0, 0.05) is 18.8 Å². The van der Waals surface area contributed by atoms with Gasteiger partial charge >= 0.3 is 0 Å². The Labute approximate surface area is 141 Å². The summed E-state index contributed by atoms with van der Waals surface area (Å²) >= 11 is 0. The summed E-state index contributed by atoms with van der Waals surface area (Å²) in [6.45, 7) is 1.22. The van der Waals surface area contributed by atoms with Crippen LogP contribution < -0.4 is 9.64 Å². The molecule has 0 radical (unpaired) electrons. The van der Waals surface area contributed by atoms with E-state index in [1.807, 2.05) is 48.5 Å². The number of hydrogen-bond donors (Lipinski definition) is 0. The molecule has 1 aliphatic heterocycles. The van der Waals surface area contributed by atoms with E-state index in [9.17, 15) is 9.59 Å². The van der Waals surface area contributed by atoms with Gasteiger partial charge in [-0.05, 0) is 30.7 Å². The van der Waals surface area contributed by atoms with Gasteiger partial charge in [0.05, 0.1) is 0 Å². The number of benzene rings is 2. The molecule has 3 rings (SSSR count). The molecule has 5 heteroatoms. The zero-order chi connectivity index (χ0) is 16.8. The molecule has 0 unspecified atom stereocenters. The van der Waals surface area contributed by atoms with Gasteiger partial charge in [-0.25, -0.2) is 0 Å². The summed E-state index contributed by atoms with van der Waals surface area (Å²) in [5.74, 6) is 0.423. The normalized spacial score (nSPS) is 15.1. The number of nitrogens with zero attached hydrogens (tertiary/aromatic N) is 2. The number of para-hydroxylation sites is 2. The molecule has 124 valence electrons. The lowest BCUT2D eigenvalue weighted by atomic mass is 10.2. The number of hydrogen-bond acceptors (Lipinski definition) is 3. The maximum Gasteiger partial charge on any atom is 0.260 e. The van der Waals surface area contributed by atoms with Crippen LogP contribution in [0.5, 0.6) is 5.75 Å². The lowest BCUT2D eigenvalue weighted by Crippen LogP contribution is -2.41. The Kier molecular flexibility index (Phi) is 5.11. The van der Waals surface area contributed by atoms with Gasteiger partial charge in [0.25, 0.3) is 5.91 Å². The average Bonchev–Trinajstić information content (AvgIpc) is 2.83. The molecule has 24 heavy (non-hydrogen) atoms. The van der Waals surface area contributed by atoms with Crippen LogP contribution in [-0.2, 0) is 9.59 Å². The van der Waals surface area contributed by atoms with Crippen LogP contribution in [0.25, 0.3) is 0 Å². The first-order valence-electron chi connectivity index (χ1n) is 8.05. The number of amides is 2. The summed E-state index contributed by atoms with van der Waals surface area (Å²) < 4.78 is 5.49. The Morgan fingerprint density at radius 3 is 2.33 bits per heavy atom. The fourth-order valence-corrected chi connectivity index (χ4v) is 2.72. The van der Waals surface area contributed by atoms with E-state index in [4.69, 9.17) is 4.74 Å². The van der Waals surface area contributed by atoms with Crippen molar-refractivity contribution in [3.8, 4) is 5.75 Å². The van der Waals surface area contributed by atoms with Crippen molar-refractivity contribution >= 4 is 17.5 Å². The molecule has 0 aliphatic carbocycles. The van der Waals surface area contributed by atoms with Gasteiger partial charge in [0.1, 0.15) is 12.3 Å². The average molecular weight is 324 g/mol. The van der Waals surface area contributed by atoms with Crippen molar-refractivity contribution in [2.75, 3.05) is 31.1 Å². The van der Waals surface area contributed by atoms with Crippen LogP contribution in [0.2, 0.25) is 0 Å². The molecular weight excluding hydrogens is 304 g/mol. The molecule has 1 saturated heterocycles. The zero-order valence-corrected chi connectivity index (χ0v) is 13.4. The van der Waals surface area contributed by atoms with Crippen molar-refractivity contribution in [3.63, 3.8) is 0 Å². The molecule has 0 bridgehead atoms. The van der Waals surface area contributed by atoms with Gasteiger partial charge in [-0.3, -0.25) is 9.59 Å². The second kappa shape index (κ2) is 7.64. The number of ether oxygens (including phenoxy) is 1. The smallest absolute Gasteiger partial charge is 0.260 e. The van der Waals surface area contributed by atoms with E-state index in [0.29, 0.717) is 18.8 Å². The summed E-state index contributed by atoms with van der Waals surface area (Å²) in [7, 11) is 0. The van der Waals surface area contributed by atoms with E-state index in [1.165, 1.54) is 0 Å². The first-order chi connectivity index (χ1) is 11.7. The second-order valence-corrected chi connectivity index (χ2v) is 5.65. The number of anilines is 1. The Morgan fingerprint density at radius 1 is 0.958 bits per heavy atom. The fourth-order valence-electron chi connectivity index (χ4n) is 2.72. The predicted molar refractivity (Wildman–Crippen MR) is 91.9 cm³/mol.